The highest BCUT2D eigenvalue weighted by Gasteiger charge is 2.46. The first-order valence-corrected chi connectivity index (χ1v) is 12.9. The van der Waals surface area contributed by atoms with Gasteiger partial charge in [0.05, 0.1) is 6.04 Å². The molecule has 1 aliphatic heterocycles. The van der Waals surface area contributed by atoms with Gasteiger partial charge in [0, 0.05) is 35.2 Å². The number of carbonyl (C=O) groups excluding carboxylic acids is 2. The molecule has 0 aromatic heterocycles. The minimum Gasteiger partial charge on any atom is -0.507 e. The van der Waals surface area contributed by atoms with Gasteiger partial charge >= 0.3 is 6.09 Å². The zero-order valence-electron chi connectivity index (χ0n) is 22.7. The maximum Gasteiger partial charge on any atom is 0.415 e. The second-order valence-electron chi connectivity index (χ2n) is 12.4. The molecule has 5 heteroatoms. The Morgan fingerprint density at radius 3 is 2.14 bits per heavy atom. The number of ketones is 1. The summed E-state index contributed by atoms with van der Waals surface area (Å²) >= 11 is 0. The number of benzene rings is 2. The third-order valence-corrected chi connectivity index (χ3v) is 7.70. The van der Waals surface area contributed by atoms with Gasteiger partial charge in [0.25, 0.3) is 0 Å². The third-order valence-electron chi connectivity index (χ3n) is 7.70. The molecule has 1 saturated heterocycles. The molecule has 1 amide bonds. The number of phenolic OH excluding ortho intramolecular Hbond substituents is 1. The largest absolute Gasteiger partial charge is 0.507 e. The number of nitrogens with zero attached hydrogens (tertiary/aromatic N) is 1. The van der Waals surface area contributed by atoms with E-state index < -0.39 is 0 Å². The van der Waals surface area contributed by atoms with Crippen LogP contribution in [-0.2, 0) is 20.4 Å². The van der Waals surface area contributed by atoms with E-state index in [1.807, 2.05) is 36.4 Å². The first-order valence-electron chi connectivity index (χ1n) is 12.9. The quantitative estimate of drug-likeness (QED) is 0.465. The summed E-state index contributed by atoms with van der Waals surface area (Å²) in [6.45, 7) is 12.5. The zero-order chi connectivity index (χ0) is 26.9. The number of aromatic hydroxyl groups is 1. The lowest BCUT2D eigenvalue weighted by atomic mass is 9.78. The molecule has 5 nitrogen and oxygen atoms in total. The fraction of sp³-hybridized carbons (Fsp3) is 0.375. The number of hydrogen-bond acceptors (Lipinski definition) is 4. The van der Waals surface area contributed by atoms with Crippen molar-refractivity contribution in [2.75, 3.05) is 7.05 Å². The molecule has 2 atom stereocenters. The van der Waals surface area contributed by atoms with E-state index in [-0.39, 0.29) is 34.7 Å². The van der Waals surface area contributed by atoms with Crippen LogP contribution in [0.3, 0.4) is 0 Å². The standard InChI is InChI=1S/C32H35NO4/c1-31(2,3)23-14-18(15-24(29(23)35)32(4,5)6)13-22-27(19-11-9-8-10-12-19)20-16-25-26(17-21(20)28(22)34)37-30(36)33(25)7/h8-15,17,25,27,35H,16H2,1-7H3. The molecule has 37 heavy (non-hydrogen) atoms. The van der Waals surface area contributed by atoms with Crippen molar-refractivity contribution in [2.24, 2.45) is 0 Å². The van der Waals surface area contributed by atoms with Gasteiger partial charge in [-0.3, -0.25) is 4.79 Å². The van der Waals surface area contributed by atoms with E-state index in [4.69, 9.17) is 4.74 Å². The molecule has 3 aliphatic rings. The Morgan fingerprint density at radius 2 is 1.57 bits per heavy atom. The van der Waals surface area contributed by atoms with Gasteiger partial charge in [-0.25, -0.2) is 4.79 Å². The van der Waals surface area contributed by atoms with Crippen molar-refractivity contribution >= 4 is 18.0 Å². The summed E-state index contributed by atoms with van der Waals surface area (Å²) in [5.41, 5.74) is 5.46. The first-order chi connectivity index (χ1) is 17.3. The Hall–Kier alpha value is -3.60. The molecule has 1 fully saturated rings. The number of fused-ring (bicyclic) bond motifs is 1. The highest BCUT2D eigenvalue weighted by Crippen LogP contribution is 2.50. The number of allylic oxidation sites excluding steroid dienone is 3. The minimum atomic E-state index is -0.384. The van der Waals surface area contributed by atoms with Crippen LogP contribution in [-0.4, -0.2) is 35.0 Å². The topological polar surface area (TPSA) is 66.8 Å². The van der Waals surface area contributed by atoms with Crippen molar-refractivity contribution in [1.82, 2.24) is 4.90 Å². The van der Waals surface area contributed by atoms with E-state index in [0.717, 1.165) is 27.8 Å². The first kappa shape index (κ1) is 25.1. The highest BCUT2D eigenvalue weighted by molar-refractivity contribution is 6.18. The molecule has 0 radical (unpaired) electrons. The summed E-state index contributed by atoms with van der Waals surface area (Å²) in [6, 6.07) is 13.9. The summed E-state index contributed by atoms with van der Waals surface area (Å²) in [5.74, 6) is 0.611. The molecule has 2 aromatic carbocycles. The van der Waals surface area contributed by atoms with E-state index in [1.165, 1.54) is 0 Å². The van der Waals surface area contributed by atoms with Gasteiger partial charge in [-0.2, -0.15) is 0 Å². The third kappa shape index (κ3) is 4.20. The van der Waals surface area contributed by atoms with E-state index in [1.54, 1.807) is 18.0 Å². The number of amides is 1. The van der Waals surface area contributed by atoms with Gasteiger partial charge in [0.2, 0.25) is 0 Å². The van der Waals surface area contributed by atoms with Crippen molar-refractivity contribution in [3.05, 3.63) is 93.3 Å². The second kappa shape index (κ2) is 8.47. The molecule has 2 aromatic rings. The fourth-order valence-corrected chi connectivity index (χ4v) is 5.67. The maximum atomic E-state index is 13.9. The van der Waals surface area contributed by atoms with E-state index in [2.05, 4.69) is 53.7 Å². The fourth-order valence-electron chi connectivity index (χ4n) is 5.67. The van der Waals surface area contributed by atoms with Gasteiger partial charge in [-0.05, 0) is 58.2 Å². The van der Waals surface area contributed by atoms with Crippen LogP contribution in [0.15, 0.2) is 71.0 Å². The number of ether oxygens (including phenoxy) is 1. The molecule has 192 valence electrons. The summed E-state index contributed by atoms with van der Waals surface area (Å²) in [4.78, 5) is 27.7. The number of Topliss-reactive ketones (excluding diaryl/α,β-unsaturated/α-hetero) is 1. The Morgan fingerprint density at radius 1 is 0.973 bits per heavy atom. The van der Waals surface area contributed by atoms with Crippen LogP contribution >= 0.6 is 0 Å². The highest BCUT2D eigenvalue weighted by atomic mass is 16.6. The lowest BCUT2D eigenvalue weighted by molar-refractivity contribution is -0.111. The SMILES string of the molecule is CN1C(=O)OC2=CC3=C(CC21)C(c1ccccc1)C(=Cc1cc(C(C)(C)C)c(O)c(C(C)(C)C)c1)C3=O. The van der Waals surface area contributed by atoms with E-state index in [0.29, 0.717) is 29.1 Å². The monoisotopic (exact) mass is 497 g/mol. The van der Waals surface area contributed by atoms with Gasteiger partial charge in [0.1, 0.15) is 11.5 Å². The van der Waals surface area contributed by atoms with Gasteiger partial charge in [-0.1, -0.05) is 71.9 Å². The molecule has 5 rings (SSSR count). The molecular weight excluding hydrogens is 462 g/mol. The van der Waals surface area contributed by atoms with Gasteiger partial charge in [-0.15, -0.1) is 0 Å². The average molecular weight is 498 g/mol. The summed E-state index contributed by atoms with van der Waals surface area (Å²) in [5, 5.41) is 11.2. The lowest BCUT2D eigenvalue weighted by Gasteiger charge is -2.28. The van der Waals surface area contributed by atoms with Crippen LogP contribution in [0.2, 0.25) is 0 Å². The van der Waals surface area contributed by atoms with Crippen LogP contribution < -0.4 is 0 Å². The van der Waals surface area contributed by atoms with Crippen LogP contribution in [0.1, 0.15) is 76.1 Å². The molecule has 0 spiro atoms. The summed E-state index contributed by atoms with van der Waals surface area (Å²) < 4.78 is 5.46. The zero-order valence-corrected chi connectivity index (χ0v) is 22.7. The van der Waals surface area contributed by atoms with Crippen LogP contribution in [0, 0.1) is 0 Å². The Bertz CT molecular complexity index is 1360. The normalized spacial score (nSPS) is 22.8. The van der Waals surface area contributed by atoms with Crippen molar-refractivity contribution in [2.45, 2.75) is 70.8 Å². The van der Waals surface area contributed by atoms with Crippen LogP contribution in [0.4, 0.5) is 4.79 Å². The Kier molecular flexibility index (Phi) is 5.74. The maximum absolute atomic E-state index is 13.9. The molecule has 1 N–H and O–H groups in total. The van der Waals surface area contributed by atoms with Crippen molar-refractivity contribution in [3.63, 3.8) is 0 Å². The summed E-state index contributed by atoms with van der Waals surface area (Å²) in [6.07, 6.45) is 3.93. The van der Waals surface area contributed by atoms with E-state index in [9.17, 15) is 14.7 Å². The second-order valence-corrected chi connectivity index (χ2v) is 12.4. The number of rotatable bonds is 2. The summed E-state index contributed by atoms with van der Waals surface area (Å²) in [7, 11) is 1.74. The molecule has 0 saturated carbocycles. The van der Waals surface area contributed by atoms with Gasteiger partial charge in [0.15, 0.2) is 5.78 Å². The molecular formula is C32H35NO4. The number of phenols is 1. The Labute approximate surface area is 219 Å². The van der Waals surface area contributed by atoms with E-state index >= 15 is 0 Å². The molecule has 1 heterocycles. The lowest BCUT2D eigenvalue weighted by Crippen LogP contribution is -2.30. The van der Waals surface area contributed by atoms with Crippen molar-refractivity contribution in [1.29, 1.82) is 0 Å². The van der Waals surface area contributed by atoms with Crippen molar-refractivity contribution in [3.8, 4) is 5.75 Å². The predicted octanol–water partition coefficient (Wildman–Crippen LogP) is 6.77. The smallest absolute Gasteiger partial charge is 0.415 e. The number of likely N-dealkylation sites (N-methyl/N-ethyl adjacent to an activating group) is 1. The molecule has 0 bridgehead atoms. The van der Waals surface area contributed by atoms with Crippen molar-refractivity contribution < 1.29 is 19.4 Å². The van der Waals surface area contributed by atoms with Crippen LogP contribution in [0.5, 0.6) is 5.75 Å². The Balaban J connectivity index is 1.69. The van der Waals surface area contributed by atoms with Crippen LogP contribution in [0.25, 0.3) is 6.08 Å². The average Bonchev–Trinajstić information content (AvgIpc) is 3.25. The predicted molar refractivity (Wildman–Crippen MR) is 145 cm³/mol. The number of carbonyl (C=O) groups is 2. The molecule has 2 aliphatic carbocycles. The molecule has 2 unspecified atom stereocenters. The number of hydrogen-bond donors (Lipinski definition) is 1. The van der Waals surface area contributed by atoms with Gasteiger partial charge < -0.3 is 14.7 Å². The minimum absolute atomic E-state index is 0.0388.